The van der Waals surface area contributed by atoms with Crippen molar-refractivity contribution >= 4 is 37.3 Å². The largest absolute Gasteiger partial charge is 0.506 e. The topological polar surface area (TPSA) is 197 Å². The van der Waals surface area contributed by atoms with Crippen molar-refractivity contribution in [2.75, 3.05) is 29.9 Å². The fourth-order valence-electron chi connectivity index (χ4n) is 3.71. The van der Waals surface area contributed by atoms with Gasteiger partial charge < -0.3 is 20.3 Å². The third-order valence-corrected chi connectivity index (χ3v) is 7.39. The highest BCUT2D eigenvalue weighted by atomic mass is 32.2. The Morgan fingerprint density at radius 3 is 2.31 bits per heavy atom. The molecular weight excluding hydrogens is 548 g/mol. The van der Waals surface area contributed by atoms with E-state index in [2.05, 4.69) is 15.4 Å². The van der Waals surface area contributed by atoms with Crippen LogP contribution in [0.5, 0.6) is 11.5 Å². The van der Waals surface area contributed by atoms with E-state index in [0.29, 0.717) is 11.3 Å². The number of phenols is 1. The van der Waals surface area contributed by atoms with Crippen molar-refractivity contribution in [3.8, 4) is 11.5 Å². The van der Waals surface area contributed by atoms with Gasteiger partial charge in [-0.05, 0) is 60.5 Å². The molecule has 0 fully saturated rings. The molecule has 210 valence electrons. The van der Waals surface area contributed by atoms with Crippen LogP contribution in [0.1, 0.15) is 24.2 Å². The maximum absolute atomic E-state index is 13.6. The lowest BCUT2D eigenvalue weighted by Gasteiger charge is -2.31. The Kier molecular flexibility index (Phi) is 8.87. The number of carbonyl (C=O) groups excluding carboxylic acids is 1. The van der Waals surface area contributed by atoms with Crippen LogP contribution in [-0.4, -0.2) is 52.9 Å². The standard InChI is InChI=1S/C25H30N4O8S2/c1-25(17-8-10-19(37-2)11-9-17,24(32)28-18-5-4-6-20(14-18)39(26,35)36)27-15-23(31)16-7-12-22(30)21(13-16)29-38(3,33)34/h4-14,23,27,29-31H,15H2,1-3H3,(H,28,32)(H2,26,35,36). The molecule has 7 N–H and O–H groups in total. The highest BCUT2D eigenvalue weighted by Crippen LogP contribution is 2.30. The fourth-order valence-corrected chi connectivity index (χ4v) is 4.83. The minimum absolute atomic E-state index is 0.112. The first-order valence-corrected chi connectivity index (χ1v) is 14.9. The van der Waals surface area contributed by atoms with Gasteiger partial charge in [-0.3, -0.25) is 14.8 Å². The van der Waals surface area contributed by atoms with Crippen LogP contribution in [0, 0.1) is 0 Å². The molecule has 0 radical (unpaired) electrons. The number of nitrogens with two attached hydrogens (primary N) is 1. The van der Waals surface area contributed by atoms with Gasteiger partial charge >= 0.3 is 0 Å². The van der Waals surface area contributed by atoms with E-state index in [4.69, 9.17) is 9.88 Å². The van der Waals surface area contributed by atoms with Crippen molar-refractivity contribution in [2.45, 2.75) is 23.5 Å². The van der Waals surface area contributed by atoms with Gasteiger partial charge in [0.1, 0.15) is 17.0 Å². The van der Waals surface area contributed by atoms with E-state index >= 15 is 0 Å². The number of benzene rings is 3. The second-order valence-corrected chi connectivity index (χ2v) is 12.2. The van der Waals surface area contributed by atoms with Gasteiger partial charge in [-0.1, -0.05) is 24.3 Å². The Morgan fingerprint density at radius 2 is 1.72 bits per heavy atom. The normalized spacial score (nSPS) is 14.2. The third kappa shape index (κ3) is 7.68. The van der Waals surface area contributed by atoms with Gasteiger partial charge in [0, 0.05) is 12.2 Å². The first-order valence-electron chi connectivity index (χ1n) is 11.4. The van der Waals surface area contributed by atoms with Crippen LogP contribution in [0.4, 0.5) is 11.4 Å². The molecule has 1 amide bonds. The van der Waals surface area contributed by atoms with E-state index in [0.717, 1.165) is 6.26 Å². The summed E-state index contributed by atoms with van der Waals surface area (Å²) in [5.74, 6) is -0.345. The Hall–Kier alpha value is -3.69. The number of phenolic OH excluding ortho intramolecular Hbond substituents is 1. The first kappa shape index (κ1) is 29.9. The fraction of sp³-hybridized carbons (Fsp3) is 0.240. The molecule has 3 aromatic carbocycles. The third-order valence-electron chi connectivity index (χ3n) is 5.89. The number of hydrogen-bond acceptors (Lipinski definition) is 9. The number of aliphatic hydroxyl groups is 1. The number of sulfonamides is 2. The zero-order valence-corrected chi connectivity index (χ0v) is 23.0. The summed E-state index contributed by atoms with van der Waals surface area (Å²) < 4.78 is 54.1. The molecule has 12 nitrogen and oxygen atoms in total. The molecule has 0 saturated carbocycles. The molecule has 3 rings (SSSR count). The number of primary sulfonamides is 1. The molecule has 0 saturated heterocycles. The van der Waals surface area contributed by atoms with Gasteiger partial charge in [0.25, 0.3) is 0 Å². The molecule has 0 aliphatic rings. The number of carbonyl (C=O) groups is 1. The molecule has 0 heterocycles. The Bertz CT molecular complexity index is 1560. The van der Waals surface area contributed by atoms with Crippen molar-refractivity contribution in [3.63, 3.8) is 0 Å². The maximum atomic E-state index is 13.6. The van der Waals surface area contributed by atoms with E-state index in [9.17, 15) is 31.8 Å². The highest BCUT2D eigenvalue weighted by Gasteiger charge is 2.36. The van der Waals surface area contributed by atoms with E-state index < -0.39 is 37.6 Å². The number of amides is 1. The van der Waals surface area contributed by atoms with Gasteiger partial charge in [-0.2, -0.15) is 0 Å². The van der Waals surface area contributed by atoms with Crippen LogP contribution in [0.2, 0.25) is 0 Å². The summed E-state index contributed by atoms with van der Waals surface area (Å²) in [6.45, 7) is 1.41. The van der Waals surface area contributed by atoms with Gasteiger partial charge in [0.15, 0.2) is 0 Å². The summed E-state index contributed by atoms with van der Waals surface area (Å²) >= 11 is 0. The molecule has 0 aliphatic heterocycles. The summed E-state index contributed by atoms with van der Waals surface area (Å²) in [6, 6.07) is 16.0. The highest BCUT2D eigenvalue weighted by molar-refractivity contribution is 7.92. The Labute approximate surface area is 226 Å². The van der Waals surface area contributed by atoms with E-state index in [1.165, 1.54) is 49.6 Å². The summed E-state index contributed by atoms with van der Waals surface area (Å²) in [5, 5.41) is 31.8. The summed E-state index contributed by atoms with van der Waals surface area (Å²) in [6.07, 6.45) is -0.295. The lowest BCUT2D eigenvalue weighted by atomic mass is 9.90. The summed E-state index contributed by atoms with van der Waals surface area (Å²) in [7, 11) is -6.19. The molecule has 14 heteroatoms. The number of anilines is 2. The molecule has 39 heavy (non-hydrogen) atoms. The van der Waals surface area contributed by atoms with Crippen LogP contribution in [-0.2, 0) is 30.4 Å². The van der Waals surface area contributed by atoms with Crippen molar-refractivity contribution < 1.29 is 36.6 Å². The second kappa shape index (κ2) is 11.6. The zero-order valence-electron chi connectivity index (χ0n) is 21.4. The second-order valence-electron chi connectivity index (χ2n) is 8.93. The minimum Gasteiger partial charge on any atom is -0.506 e. The average Bonchev–Trinajstić information content (AvgIpc) is 2.87. The lowest BCUT2D eigenvalue weighted by Crippen LogP contribution is -2.51. The minimum atomic E-state index is -4.00. The number of rotatable bonds is 11. The van der Waals surface area contributed by atoms with Crippen LogP contribution >= 0.6 is 0 Å². The van der Waals surface area contributed by atoms with Gasteiger partial charge in [0.05, 0.1) is 30.1 Å². The SMILES string of the molecule is COc1ccc(C(C)(NCC(O)c2ccc(O)c(NS(C)(=O)=O)c2)C(=O)Nc2cccc(S(N)(=O)=O)c2)cc1. The predicted molar refractivity (Wildman–Crippen MR) is 146 cm³/mol. The predicted octanol–water partition coefficient (Wildman–Crippen LogP) is 1.60. The molecule has 3 aromatic rings. The molecule has 0 bridgehead atoms. The number of nitrogens with one attached hydrogen (secondary N) is 3. The molecule has 0 aliphatic carbocycles. The van der Waals surface area contributed by atoms with Crippen LogP contribution in [0.15, 0.2) is 71.6 Å². The smallest absolute Gasteiger partial charge is 0.249 e. The summed E-state index contributed by atoms with van der Waals surface area (Å²) in [4.78, 5) is 13.4. The number of aromatic hydroxyl groups is 1. The van der Waals surface area contributed by atoms with E-state index in [1.54, 1.807) is 31.2 Å². The van der Waals surface area contributed by atoms with Crippen LogP contribution < -0.4 is 25.2 Å². The van der Waals surface area contributed by atoms with Gasteiger partial charge in [-0.15, -0.1) is 0 Å². The van der Waals surface area contributed by atoms with Crippen molar-refractivity contribution in [2.24, 2.45) is 5.14 Å². The average molecular weight is 579 g/mol. The number of methoxy groups -OCH3 is 1. The summed E-state index contributed by atoms with van der Waals surface area (Å²) in [5.41, 5.74) is -0.607. The van der Waals surface area contributed by atoms with Gasteiger partial charge in [-0.25, -0.2) is 22.0 Å². The van der Waals surface area contributed by atoms with Crippen molar-refractivity contribution in [1.29, 1.82) is 0 Å². The number of ether oxygens (including phenoxy) is 1. The monoisotopic (exact) mass is 578 g/mol. The zero-order chi connectivity index (χ0) is 29.0. The van der Waals surface area contributed by atoms with Crippen molar-refractivity contribution in [3.05, 3.63) is 77.9 Å². The quantitative estimate of drug-likeness (QED) is 0.183. The number of aliphatic hydroxyl groups excluding tert-OH is 1. The maximum Gasteiger partial charge on any atom is 0.249 e. The lowest BCUT2D eigenvalue weighted by molar-refractivity contribution is -0.122. The van der Waals surface area contributed by atoms with Crippen LogP contribution in [0.25, 0.3) is 0 Å². The molecule has 2 atom stereocenters. The van der Waals surface area contributed by atoms with Gasteiger partial charge in [0.2, 0.25) is 26.0 Å². The molecule has 2 unspecified atom stereocenters. The Morgan fingerprint density at radius 1 is 1.05 bits per heavy atom. The first-order chi connectivity index (χ1) is 18.1. The van der Waals surface area contributed by atoms with E-state index in [-0.39, 0.29) is 34.1 Å². The van der Waals surface area contributed by atoms with Crippen LogP contribution in [0.3, 0.4) is 0 Å². The molecule has 0 spiro atoms. The molecular formula is C25H30N4O8S2. The van der Waals surface area contributed by atoms with Crippen molar-refractivity contribution in [1.82, 2.24) is 5.32 Å². The Balaban J connectivity index is 1.91. The molecule has 0 aromatic heterocycles. The number of hydrogen-bond donors (Lipinski definition) is 6. The van der Waals surface area contributed by atoms with E-state index in [1.807, 2.05) is 0 Å².